The molecule has 2 rings (SSSR count). The molecule has 4 N–H and O–H groups in total. The maximum Gasteiger partial charge on any atom is 0.258 e. The van der Waals surface area contributed by atoms with Gasteiger partial charge in [-0.2, -0.15) is 0 Å². The fourth-order valence-electron chi connectivity index (χ4n) is 1.73. The van der Waals surface area contributed by atoms with E-state index in [0.717, 1.165) is 5.69 Å². The third-order valence-corrected chi connectivity index (χ3v) is 2.87. The Hall–Kier alpha value is -2.41. The average Bonchev–Trinajstić information content (AvgIpc) is 2.82. The molecule has 0 atom stereocenters. The summed E-state index contributed by atoms with van der Waals surface area (Å²) >= 11 is 0. The summed E-state index contributed by atoms with van der Waals surface area (Å²) in [5.41, 5.74) is 4.17. The second-order valence-electron chi connectivity index (χ2n) is 5.81. The Morgan fingerprint density at radius 2 is 2.00 bits per heavy atom. The van der Waals surface area contributed by atoms with Gasteiger partial charge in [0, 0.05) is 22.7 Å². The van der Waals surface area contributed by atoms with Gasteiger partial charge >= 0.3 is 0 Å². The summed E-state index contributed by atoms with van der Waals surface area (Å²) in [5.74, 6) is 5.84. The number of carbonyl (C=O) groups excluding carboxylic acids is 1. The van der Waals surface area contributed by atoms with Crippen molar-refractivity contribution < 1.29 is 9.32 Å². The highest BCUT2D eigenvalue weighted by atomic mass is 16.5. The van der Waals surface area contributed by atoms with Crippen LogP contribution < -0.4 is 16.6 Å². The third kappa shape index (κ3) is 3.57. The van der Waals surface area contributed by atoms with Gasteiger partial charge in [0.05, 0.1) is 5.69 Å². The van der Waals surface area contributed by atoms with Gasteiger partial charge in [0.1, 0.15) is 5.82 Å². The number of hydrogen-bond acceptors (Lipinski definition) is 6. The Kier molecular flexibility index (Phi) is 3.95. The smallest absolute Gasteiger partial charge is 0.258 e. The number of hydrogen-bond donors (Lipinski definition) is 3. The van der Waals surface area contributed by atoms with Crippen molar-refractivity contribution in [2.45, 2.75) is 33.1 Å². The summed E-state index contributed by atoms with van der Waals surface area (Å²) in [5, 5.41) is 6.36. The number of carbonyl (C=O) groups is 1. The van der Waals surface area contributed by atoms with E-state index in [1.54, 1.807) is 25.1 Å². The van der Waals surface area contributed by atoms with Crippen molar-refractivity contribution in [1.82, 2.24) is 10.1 Å². The number of nitrogens with two attached hydrogens (primary N) is 1. The highest BCUT2D eigenvalue weighted by molar-refractivity contribution is 6.04. The molecule has 7 heteroatoms. The average molecular weight is 289 g/mol. The molecule has 0 unspecified atom stereocenters. The summed E-state index contributed by atoms with van der Waals surface area (Å²) < 4.78 is 4.97. The van der Waals surface area contributed by atoms with Gasteiger partial charge in [-0.25, -0.2) is 10.8 Å². The highest BCUT2D eigenvalue weighted by Gasteiger charge is 2.19. The van der Waals surface area contributed by atoms with E-state index in [-0.39, 0.29) is 11.3 Å². The van der Waals surface area contributed by atoms with Crippen LogP contribution in [-0.4, -0.2) is 16.0 Å². The lowest BCUT2D eigenvalue weighted by Gasteiger charge is -2.19. The Morgan fingerprint density at radius 3 is 2.52 bits per heavy atom. The van der Waals surface area contributed by atoms with Crippen molar-refractivity contribution in [2.24, 2.45) is 5.84 Å². The van der Waals surface area contributed by atoms with Crippen LogP contribution in [0.3, 0.4) is 0 Å². The number of amides is 1. The van der Waals surface area contributed by atoms with Crippen LogP contribution in [0.5, 0.6) is 0 Å². The number of nitrogen functional groups attached to an aromatic ring is 1. The molecule has 1 amide bonds. The van der Waals surface area contributed by atoms with Crippen molar-refractivity contribution >= 4 is 17.6 Å². The molecule has 7 nitrogen and oxygen atoms in total. The number of rotatable bonds is 3. The van der Waals surface area contributed by atoms with Crippen LogP contribution in [0, 0.1) is 6.92 Å². The molecule has 2 heterocycles. The molecule has 0 aliphatic rings. The van der Waals surface area contributed by atoms with Crippen LogP contribution in [0.4, 0.5) is 11.7 Å². The molecule has 0 spiro atoms. The van der Waals surface area contributed by atoms with Crippen LogP contribution in [0.25, 0.3) is 0 Å². The second-order valence-corrected chi connectivity index (χ2v) is 5.81. The van der Waals surface area contributed by atoms with Crippen LogP contribution in [0.1, 0.15) is 42.5 Å². The van der Waals surface area contributed by atoms with E-state index in [9.17, 15) is 4.79 Å². The topological polar surface area (TPSA) is 106 Å². The van der Waals surface area contributed by atoms with E-state index in [2.05, 4.69) is 20.9 Å². The summed E-state index contributed by atoms with van der Waals surface area (Å²) in [7, 11) is 0. The van der Waals surface area contributed by atoms with Crippen LogP contribution in [0.2, 0.25) is 0 Å². The minimum Gasteiger partial charge on any atom is -0.338 e. The summed E-state index contributed by atoms with van der Waals surface area (Å²) in [6, 6.07) is 4.96. The highest BCUT2D eigenvalue weighted by Crippen LogP contribution is 2.23. The Bertz CT molecular complexity index is 658. The summed E-state index contributed by atoms with van der Waals surface area (Å²) in [6.07, 6.45) is 0. The molecule has 0 saturated carbocycles. The first-order valence-corrected chi connectivity index (χ1v) is 6.53. The minimum absolute atomic E-state index is 0.204. The molecular weight excluding hydrogens is 270 g/mol. The molecule has 0 aliphatic carbocycles. The first-order chi connectivity index (χ1) is 9.79. The summed E-state index contributed by atoms with van der Waals surface area (Å²) in [6.45, 7) is 7.81. The van der Waals surface area contributed by atoms with Crippen LogP contribution >= 0.6 is 0 Å². The first-order valence-electron chi connectivity index (χ1n) is 6.53. The monoisotopic (exact) mass is 289 g/mol. The predicted molar refractivity (Wildman–Crippen MR) is 79.9 cm³/mol. The zero-order valence-corrected chi connectivity index (χ0v) is 12.5. The predicted octanol–water partition coefficient (Wildman–Crippen LogP) is 2.21. The molecule has 0 bridgehead atoms. The van der Waals surface area contributed by atoms with Crippen molar-refractivity contribution in [3.8, 4) is 0 Å². The van der Waals surface area contributed by atoms with Gasteiger partial charge in [-0.1, -0.05) is 25.9 Å². The zero-order chi connectivity index (χ0) is 15.6. The third-order valence-electron chi connectivity index (χ3n) is 2.87. The second kappa shape index (κ2) is 5.53. The summed E-state index contributed by atoms with van der Waals surface area (Å²) in [4.78, 5) is 16.6. The fourth-order valence-corrected chi connectivity index (χ4v) is 1.73. The van der Waals surface area contributed by atoms with E-state index >= 15 is 0 Å². The molecule has 2 aromatic rings. The van der Waals surface area contributed by atoms with E-state index in [4.69, 9.17) is 10.4 Å². The van der Waals surface area contributed by atoms with Gasteiger partial charge < -0.3 is 9.95 Å². The van der Waals surface area contributed by atoms with Gasteiger partial charge in [0.25, 0.3) is 5.91 Å². The lowest BCUT2D eigenvalue weighted by Crippen LogP contribution is -2.20. The van der Waals surface area contributed by atoms with Crippen molar-refractivity contribution in [2.75, 3.05) is 10.7 Å². The largest absolute Gasteiger partial charge is 0.338 e. The molecule has 0 fully saturated rings. The zero-order valence-electron chi connectivity index (χ0n) is 12.5. The van der Waals surface area contributed by atoms with E-state index in [0.29, 0.717) is 23.0 Å². The molecule has 112 valence electrons. The number of pyridine rings is 1. The Labute approximate surface area is 122 Å². The molecule has 21 heavy (non-hydrogen) atoms. The number of nitrogens with one attached hydrogen (secondary N) is 2. The molecule has 0 radical (unpaired) electrons. The van der Waals surface area contributed by atoms with Gasteiger partial charge in [0.15, 0.2) is 0 Å². The van der Waals surface area contributed by atoms with Crippen LogP contribution in [0.15, 0.2) is 22.7 Å². The normalized spacial score (nSPS) is 11.3. The molecule has 0 saturated heterocycles. The molecule has 2 aromatic heterocycles. The number of aromatic nitrogens is 2. The van der Waals surface area contributed by atoms with Crippen LogP contribution in [-0.2, 0) is 5.41 Å². The van der Waals surface area contributed by atoms with Gasteiger partial charge in [0.2, 0.25) is 5.88 Å². The molecule has 0 aromatic carbocycles. The number of hydrazine groups is 1. The SMILES string of the molecule is Cc1cc(NC(=O)c2cc(NN)nc(C(C)(C)C)c2)on1. The fraction of sp³-hybridized carbons (Fsp3) is 0.357. The van der Waals surface area contributed by atoms with E-state index in [1.165, 1.54) is 0 Å². The number of aryl methyl sites for hydroxylation is 1. The minimum atomic E-state index is -0.310. The van der Waals surface area contributed by atoms with Crippen molar-refractivity contribution in [3.63, 3.8) is 0 Å². The molecular formula is C14H19N5O2. The maximum absolute atomic E-state index is 12.3. The Balaban J connectivity index is 2.31. The van der Waals surface area contributed by atoms with Gasteiger partial charge in [-0.05, 0) is 19.1 Å². The Morgan fingerprint density at radius 1 is 1.29 bits per heavy atom. The van der Waals surface area contributed by atoms with E-state index in [1.807, 2.05) is 20.8 Å². The number of nitrogens with zero attached hydrogens (tertiary/aromatic N) is 2. The van der Waals surface area contributed by atoms with Crippen molar-refractivity contribution in [3.05, 3.63) is 35.2 Å². The lowest BCUT2D eigenvalue weighted by atomic mass is 9.90. The van der Waals surface area contributed by atoms with Gasteiger partial charge in [-0.15, -0.1) is 0 Å². The standard InChI is InChI=1S/C14H19N5O2/c1-8-5-12(21-19-8)17-13(20)9-6-10(14(2,3)4)16-11(7-9)18-15/h5-7H,15H2,1-4H3,(H,16,18)(H,17,20). The van der Waals surface area contributed by atoms with Crippen molar-refractivity contribution in [1.29, 1.82) is 0 Å². The molecule has 0 aliphatic heterocycles. The lowest BCUT2D eigenvalue weighted by molar-refractivity contribution is 0.102. The van der Waals surface area contributed by atoms with E-state index < -0.39 is 0 Å². The first kappa shape index (κ1) is 15.0. The van der Waals surface area contributed by atoms with Gasteiger partial charge in [-0.3, -0.25) is 10.1 Å². The number of anilines is 2. The quantitative estimate of drug-likeness (QED) is 0.591. The maximum atomic E-state index is 12.3.